The van der Waals surface area contributed by atoms with Crippen molar-refractivity contribution in [2.24, 2.45) is 16.0 Å². The van der Waals surface area contributed by atoms with Crippen LogP contribution in [0.25, 0.3) is 0 Å². The lowest BCUT2D eigenvalue weighted by Gasteiger charge is -2.17. The molecule has 3 N–H and O–H groups in total. The predicted octanol–water partition coefficient (Wildman–Crippen LogP) is 3.93. The van der Waals surface area contributed by atoms with Crippen LogP contribution in [-0.2, 0) is 20.9 Å². The molecule has 12 heteroatoms. The molecule has 0 unspecified atom stereocenters. The fraction of sp³-hybridized carbons (Fsp3) is 0.360. The van der Waals surface area contributed by atoms with Gasteiger partial charge in [0.05, 0.1) is 22.8 Å². The number of thiophene rings is 1. The first-order valence-electron chi connectivity index (χ1n) is 11.9. The van der Waals surface area contributed by atoms with Gasteiger partial charge in [0.2, 0.25) is 5.78 Å². The third-order valence-electron chi connectivity index (χ3n) is 6.68. The van der Waals surface area contributed by atoms with Gasteiger partial charge >= 0.3 is 10.3 Å². The minimum Gasteiger partial charge on any atom is -0.367 e. The first kappa shape index (κ1) is 25.9. The van der Waals surface area contributed by atoms with Crippen molar-refractivity contribution in [3.8, 4) is 0 Å². The van der Waals surface area contributed by atoms with E-state index in [4.69, 9.17) is 25.9 Å². The Balaban J connectivity index is 1.35. The molecular formula is C25H26ClN5O4S2. The number of nitrogens with two attached hydrogens (primary N) is 1. The van der Waals surface area contributed by atoms with E-state index in [1.807, 2.05) is 31.2 Å². The van der Waals surface area contributed by atoms with Crippen LogP contribution in [0.15, 0.2) is 41.8 Å². The largest absolute Gasteiger partial charge is 0.367 e. The summed E-state index contributed by atoms with van der Waals surface area (Å²) >= 11 is 7.69. The summed E-state index contributed by atoms with van der Waals surface area (Å²) in [5.41, 5.74) is 4.37. The maximum atomic E-state index is 13.6. The van der Waals surface area contributed by atoms with Crippen LogP contribution in [0.4, 0.5) is 5.82 Å². The molecule has 1 fully saturated rings. The number of ketones is 1. The van der Waals surface area contributed by atoms with Crippen LogP contribution in [0, 0.1) is 12.8 Å². The summed E-state index contributed by atoms with van der Waals surface area (Å²) in [6, 6.07) is 7.78. The van der Waals surface area contributed by atoms with Crippen molar-refractivity contribution < 1.29 is 17.4 Å². The van der Waals surface area contributed by atoms with Gasteiger partial charge in [-0.05, 0) is 62.3 Å². The molecule has 0 saturated heterocycles. The lowest BCUT2D eigenvalue weighted by Crippen LogP contribution is -2.22. The molecule has 1 aliphatic heterocycles. The summed E-state index contributed by atoms with van der Waals surface area (Å²) in [7, 11) is -3.96. The van der Waals surface area contributed by atoms with Gasteiger partial charge in [-0.25, -0.2) is 15.1 Å². The van der Waals surface area contributed by atoms with Crippen LogP contribution in [-0.4, -0.2) is 49.1 Å². The number of hydrogen-bond donors (Lipinski definition) is 2. The standard InChI is InChI=1S/C25H26ClN5O4S2/c1-14-19(23-20-9-17(26)4-3-16(20)6-7-29-23)10-22(36-14)24(32)21-11-28-13-30-25(21)31-18-5-2-15(8-18)12-35-37(27,33)34/h3-4,9-11,13,15,18H,2,5-8,12H2,1H3,(H2,27,33,34)(H,28,30,31)/t15-,18+/m1/s1. The van der Waals surface area contributed by atoms with E-state index >= 15 is 0 Å². The highest BCUT2D eigenvalue weighted by atomic mass is 35.5. The van der Waals surface area contributed by atoms with Crippen molar-refractivity contribution in [3.05, 3.63) is 73.8 Å². The monoisotopic (exact) mass is 559 g/mol. The smallest absolute Gasteiger partial charge is 0.333 e. The lowest BCUT2D eigenvalue weighted by molar-refractivity contribution is 0.104. The SMILES string of the molecule is Cc1sc(C(=O)c2cncnc2N[C@H]2CC[C@@H](COS(N)(=O)=O)C2)cc1C1=NCCc2ccc(Cl)cc21. The maximum absolute atomic E-state index is 13.6. The van der Waals surface area contributed by atoms with Crippen LogP contribution >= 0.6 is 22.9 Å². The second-order valence-corrected chi connectivity index (χ2v) is 12.2. The van der Waals surface area contributed by atoms with Crippen molar-refractivity contribution in [2.45, 2.75) is 38.6 Å². The van der Waals surface area contributed by atoms with E-state index in [1.54, 1.807) is 0 Å². The Morgan fingerprint density at radius 2 is 2.11 bits per heavy atom. The highest BCUT2D eigenvalue weighted by Gasteiger charge is 2.28. The Labute approximate surface area is 224 Å². The number of aliphatic imine (C=N–C) groups is 1. The van der Waals surface area contributed by atoms with Gasteiger partial charge in [-0.15, -0.1) is 11.3 Å². The highest BCUT2D eigenvalue weighted by Crippen LogP contribution is 2.33. The zero-order valence-electron chi connectivity index (χ0n) is 20.1. The fourth-order valence-corrected chi connectivity index (χ4v) is 6.43. The number of halogens is 1. The molecule has 2 atom stereocenters. The minimum absolute atomic E-state index is 0.0222. The Morgan fingerprint density at radius 1 is 1.27 bits per heavy atom. The lowest BCUT2D eigenvalue weighted by atomic mass is 9.93. The molecule has 0 spiro atoms. The van der Waals surface area contributed by atoms with E-state index in [0.29, 0.717) is 34.2 Å². The average molecular weight is 560 g/mol. The molecule has 3 heterocycles. The van der Waals surface area contributed by atoms with Gasteiger partial charge in [-0.1, -0.05) is 17.7 Å². The highest BCUT2D eigenvalue weighted by molar-refractivity contribution is 7.84. The Hall–Kier alpha value is -2.70. The number of nitrogens with one attached hydrogen (secondary N) is 1. The van der Waals surface area contributed by atoms with E-state index in [9.17, 15) is 13.2 Å². The maximum Gasteiger partial charge on any atom is 0.333 e. The molecule has 1 aromatic carbocycles. The molecule has 0 amide bonds. The summed E-state index contributed by atoms with van der Waals surface area (Å²) in [6.07, 6.45) is 6.03. The molecular weight excluding hydrogens is 534 g/mol. The minimum atomic E-state index is -3.96. The van der Waals surface area contributed by atoms with Crippen LogP contribution in [0.5, 0.6) is 0 Å². The average Bonchev–Trinajstić information content (AvgIpc) is 3.48. The van der Waals surface area contributed by atoms with E-state index in [0.717, 1.165) is 41.0 Å². The molecule has 3 aromatic rings. The van der Waals surface area contributed by atoms with Crippen LogP contribution in [0.1, 0.15) is 56.1 Å². The van der Waals surface area contributed by atoms with Crippen molar-refractivity contribution in [1.29, 1.82) is 0 Å². The number of rotatable bonds is 8. The number of fused-ring (bicyclic) bond motifs is 1. The third-order valence-corrected chi connectivity index (χ3v) is 8.43. The fourth-order valence-electron chi connectivity index (χ4n) is 4.91. The van der Waals surface area contributed by atoms with E-state index in [1.165, 1.54) is 29.4 Å². The van der Waals surface area contributed by atoms with Gasteiger partial charge in [0.25, 0.3) is 0 Å². The van der Waals surface area contributed by atoms with Crippen LogP contribution in [0.3, 0.4) is 0 Å². The van der Waals surface area contributed by atoms with E-state index in [2.05, 4.69) is 15.3 Å². The molecule has 1 aliphatic carbocycles. The van der Waals surface area contributed by atoms with Gasteiger partial charge in [-0.3, -0.25) is 14.0 Å². The number of aromatic nitrogens is 2. The number of nitrogens with zero attached hydrogens (tertiary/aromatic N) is 3. The molecule has 37 heavy (non-hydrogen) atoms. The summed E-state index contributed by atoms with van der Waals surface area (Å²) in [4.78, 5) is 28.4. The second-order valence-electron chi connectivity index (χ2n) is 9.27. The molecule has 194 valence electrons. The van der Waals surface area contributed by atoms with Gasteiger partial charge in [-0.2, -0.15) is 8.42 Å². The topological polar surface area (TPSA) is 137 Å². The molecule has 2 aromatic heterocycles. The number of hydrogen-bond acceptors (Lipinski definition) is 9. The van der Waals surface area contributed by atoms with Crippen LogP contribution in [0.2, 0.25) is 5.02 Å². The summed E-state index contributed by atoms with van der Waals surface area (Å²) in [6.45, 7) is 2.72. The second kappa shape index (κ2) is 10.6. The first-order chi connectivity index (χ1) is 17.7. The Morgan fingerprint density at radius 3 is 2.92 bits per heavy atom. The zero-order valence-corrected chi connectivity index (χ0v) is 22.5. The number of aryl methyl sites for hydroxylation is 1. The van der Waals surface area contributed by atoms with E-state index in [-0.39, 0.29) is 24.3 Å². The van der Waals surface area contributed by atoms with Gasteiger partial charge in [0.15, 0.2) is 0 Å². The Bertz CT molecular complexity index is 1490. The normalized spacial score (nSPS) is 19.4. The number of benzene rings is 1. The number of carbonyl (C=O) groups is 1. The number of anilines is 1. The predicted molar refractivity (Wildman–Crippen MR) is 144 cm³/mol. The molecule has 0 bridgehead atoms. The molecule has 0 radical (unpaired) electrons. The first-order valence-corrected chi connectivity index (χ1v) is 14.6. The van der Waals surface area contributed by atoms with Crippen molar-refractivity contribution in [2.75, 3.05) is 18.5 Å². The van der Waals surface area contributed by atoms with Crippen molar-refractivity contribution in [1.82, 2.24) is 9.97 Å². The molecule has 5 rings (SSSR count). The van der Waals surface area contributed by atoms with Gasteiger partial charge in [0, 0.05) is 39.8 Å². The number of carbonyl (C=O) groups excluding carboxylic acids is 1. The summed E-state index contributed by atoms with van der Waals surface area (Å²) < 4.78 is 26.9. The Kier molecular flexibility index (Phi) is 7.42. The van der Waals surface area contributed by atoms with Crippen molar-refractivity contribution in [3.63, 3.8) is 0 Å². The molecule has 2 aliphatic rings. The summed E-state index contributed by atoms with van der Waals surface area (Å²) in [5, 5.41) is 8.94. The van der Waals surface area contributed by atoms with E-state index < -0.39 is 10.3 Å². The third kappa shape index (κ3) is 5.91. The summed E-state index contributed by atoms with van der Waals surface area (Å²) in [5.74, 6) is 0.335. The van der Waals surface area contributed by atoms with Gasteiger partial charge < -0.3 is 5.32 Å². The van der Waals surface area contributed by atoms with Gasteiger partial charge in [0.1, 0.15) is 12.1 Å². The zero-order chi connectivity index (χ0) is 26.2. The molecule has 9 nitrogen and oxygen atoms in total. The molecule has 1 saturated carbocycles. The van der Waals surface area contributed by atoms with Crippen LogP contribution < -0.4 is 10.5 Å². The quantitative estimate of drug-likeness (QED) is 0.399. The van der Waals surface area contributed by atoms with Crippen molar-refractivity contribution >= 4 is 50.6 Å².